The number of hydrogen-bond donors (Lipinski definition) is 1. The van der Waals surface area contributed by atoms with Crippen molar-refractivity contribution in [2.45, 2.75) is 40.3 Å². The number of hydrogen-bond acceptors (Lipinski definition) is 2. The van der Waals surface area contributed by atoms with Gasteiger partial charge in [-0.1, -0.05) is 51.1 Å². The third-order valence-electron chi connectivity index (χ3n) is 3.66. The molecule has 1 aromatic carbocycles. The molecule has 1 atom stereocenters. The van der Waals surface area contributed by atoms with Crippen molar-refractivity contribution >= 4 is 0 Å². The van der Waals surface area contributed by atoms with Gasteiger partial charge in [-0.05, 0) is 31.5 Å². The molecule has 0 saturated carbocycles. The molecular weight excluding hydrogens is 220 g/mol. The van der Waals surface area contributed by atoms with Crippen molar-refractivity contribution in [2.24, 2.45) is 5.41 Å². The minimum atomic E-state index is 0.277. The molecule has 0 aliphatic heterocycles. The van der Waals surface area contributed by atoms with E-state index in [1.54, 1.807) is 0 Å². The Balaban J connectivity index is 2.51. The van der Waals surface area contributed by atoms with Gasteiger partial charge in [0.15, 0.2) is 0 Å². The van der Waals surface area contributed by atoms with Gasteiger partial charge >= 0.3 is 0 Å². The minimum absolute atomic E-state index is 0.277. The molecule has 1 N–H and O–H groups in total. The van der Waals surface area contributed by atoms with E-state index in [0.717, 1.165) is 19.6 Å². The molecule has 2 heteroatoms. The summed E-state index contributed by atoms with van der Waals surface area (Å²) in [6.45, 7) is 12.3. The summed E-state index contributed by atoms with van der Waals surface area (Å²) in [5.74, 6) is 0. The largest absolute Gasteiger partial charge is 0.314 e. The number of rotatable bonds is 7. The van der Waals surface area contributed by atoms with Gasteiger partial charge in [-0.3, -0.25) is 0 Å². The summed E-state index contributed by atoms with van der Waals surface area (Å²) in [6.07, 6.45) is 0. The maximum Gasteiger partial charge on any atom is 0.0230 e. The Morgan fingerprint density at radius 3 is 2.39 bits per heavy atom. The first kappa shape index (κ1) is 15.2. The predicted molar refractivity (Wildman–Crippen MR) is 79.7 cm³/mol. The maximum absolute atomic E-state index is 3.53. The van der Waals surface area contributed by atoms with E-state index >= 15 is 0 Å². The molecule has 0 aliphatic carbocycles. The summed E-state index contributed by atoms with van der Waals surface area (Å²) in [6, 6.07) is 11.2. The first-order chi connectivity index (χ1) is 8.45. The van der Waals surface area contributed by atoms with Crippen LogP contribution in [-0.2, 0) is 6.54 Å². The van der Waals surface area contributed by atoms with Crippen molar-refractivity contribution in [3.8, 4) is 0 Å². The van der Waals surface area contributed by atoms with Crippen LogP contribution in [0.25, 0.3) is 0 Å². The van der Waals surface area contributed by atoms with Crippen LogP contribution in [-0.4, -0.2) is 31.1 Å². The van der Waals surface area contributed by atoms with Gasteiger partial charge in [-0.2, -0.15) is 0 Å². The van der Waals surface area contributed by atoms with E-state index in [4.69, 9.17) is 0 Å². The van der Waals surface area contributed by atoms with Crippen molar-refractivity contribution < 1.29 is 0 Å². The third-order valence-corrected chi connectivity index (χ3v) is 3.66. The van der Waals surface area contributed by atoms with Crippen LogP contribution in [0.2, 0.25) is 0 Å². The van der Waals surface area contributed by atoms with Crippen molar-refractivity contribution in [1.82, 2.24) is 10.2 Å². The molecule has 1 unspecified atom stereocenters. The molecule has 0 bridgehead atoms. The van der Waals surface area contributed by atoms with Crippen molar-refractivity contribution in [3.63, 3.8) is 0 Å². The highest BCUT2D eigenvalue weighted by atomic mass is 15.1. The second kappa shape index (κ2) is 6.91. The summed E-state index contributed by atoms with van der Waals surface area (Å²) in [4.78, 5) is 2.41. The average Bonchev–Trinajstić information content (AvgIpc) is 2.29. The smallest absolute Gasteiger partial charge is 0.0230 e. The first-order valence-corrected chi connectivity index (χ1v) is 6.91. The number of nitrogens with one attached hydrogen (secondary N) is 1. The maximum atomic E-state index is 3.53. The molecule has 0 saturated heterocycles. The molecule has 18 heavy (non-hydrogen) atoms. The fraction of sp³-hybridized carbons (Fsp3) is 0.625. The Morgan fingerprint density at radius 1 is 1.22 bits per heavy atom. The predicted octanol–water partition coefficient (Wildman–Crippen LogP) is 3.14. The standard InChI is InChI=1S/C16H28N2/c1-6-17-14(2)16(3,4)13-18(5)12-15-10-8-7-9-11-15/h7-11,14,17H,6,12-13H2,1-5H3. The summed E-state index contributed by atoms with van der Waals surface area (Å²) >= 11 is 0. The molecular formula is C16H28N2. The van der Waals surface area contributed by atoms with Gasteiger partial charge in [0.05, 0.1) is 0 Å². The van der Waals surface area contributed by atoms with E-state index in [-0.39, 0.29) is 5.41 Å². The van der Waals surface area contributed by atoms with Crippen molar-refractivity contribution in [3.05, 3.63) is 35.9 Å². The average molecular weight is 248 g/mol. The van der Waals surface area contributed by atoms with Gasteiger partial charge in [-0.25, -0.2) is 0 Å². The molecule has 0 spiro atoms. The molecule has 0 aliphatic rings. The van der Waals surface area contributed by atoms with Crippen molar-refractivity contribution in [1.29, 1.82) is 0 Å². The van der Waals surface area contributed by atoms with E-state index < -0.39 is 0 Å². The molecule has 1 rings (SSSR count). The second-order valence-corrected chi connectivity index (χ2v) is 5.93. The molecule has 102 valence electrons. The van der Waals surface area contributed by atoms with Gasteiger partial charge in [0, 0.05) is 19.1 Å². The molecule has 2 nitrogen and oxygen atoms in total. The molecule has 0 aromatic heterocycles. The highest BCUT2D eigenvalue weighted by Gasteiger charge is 2.26. The lowest BCUT2D eigenvalue weighted by molar-refractivity contribution is 0.161. The Bertz CT molecular complexity index is 332. The van der Waals surface area contributed by atoms with E-state index in [0.29, 0.717) is 6.04 Å². The summed E-state index contributed by atoms with van der Waals surface area (Å²) in [5.41, 5.74) is 1.66. The van der Waals surface area contributed by atoms with Crippen LogP contribution in [0.4, 0.5) is 0 Å². The fourth-order valence-electron chi connectivity index (χ4n) is 2.37. The van der Waals surface area contributed by atoms with Crippen LogP contribution < -0.4 is 5.32 Å². The van der Waals surface area contributed by atoms with Gasteiger partial charge in [0.25, 0.3) is 0 Å². The lowest BCUT2D eigenvalue weighted by Gasteiger charge is -2.36. The van der Waals surface area contributed by atoms with Crippen LogP contribution >= 0.6 is 0 Å². The molecule has 0 heterocycles. The van der Waals surface area contributed by atoms with Crippen LogP contribution in [0.3, 0.4) is 0 Å². The van der Waals surface area contributed by atoms with Gasteiger partial charge in [-0.15, -0.1) is 0 Å². The topological polar surface area (TPSA) is 15.3 Å². The van der Waals surface area contributed by atoms with Gasteiger partial charge < -0.3 is 10.2 Å². The summed E-state index contributed by atoms with van der Waals surface area (Å²) < 4.78 is 0. The molecule has 1 aromatic rings. The fourth-order valence-corrected chi connectivity index (χ4v) is 2.37. The zero-order chi connectivity index (χ0) is 13.6. The highest BCUT2D eigenvalue weighted by molar-refractivity contribution is 5.14. The molecule has 0 amide bonds. The lowest BCUT2D eigenvalue weighted by atomic mass is 9.84. The normalized spacial score (nSPS) is 13.9. The number of benzene rings is 1. The van der Waals surface area contributed by atoms with Gasteiger partial charge in [0.2, 0.25) is 0 Å². The summed E-state index contributed by atoms with van der Waals surface area (Å²) in [5, 5.41) is 3.53. The Morgan fingerprint density at radius 2 is 1.83 bits per heavy atom. The second-order valence-electron chi connectivity index (χ2n) is 5.93. The Labute approximate surface area is 112 Å². The Hall–Kier alpha value is -0.860. The quantitative estimate of drug-likeness (QED) is 0.797. The van der Waals surface area contributed by atoms with Crippen LogP contribution in [0.5, 0.6) is 0 Å². The number of nitrogens with zero attached hydrogens (tertiary/aromatic N) is 1. The zero-order valence-electron chi connectivity index (χ0n) is 12.5. The highest BCUT2D eigenvalue weighted by Crippen LogP contribution is 2.22. The van der Waals surface area contributed by atoms with Crippen molar-refractivity contribution in [2.75, 3.05) is 20.1 Å². The zero-order valence-corrected chi connectivity index (χ0v) is 12.5. The monoisotopic (exact) mass is 248 g/mol. The van der Waals surface area contributed by atoms with Gasteiger partial charge in [0.1, 0.15) is 0 Å². The van der Waals surface area contributed by atoms with Crippen LogP contribution in [0, 0.1) is 5.41 Å². The first-order valence-electron chi connectivity index (χ1n) is 6.91. The van der Waals surface area contributed by atoms with Crippen LogP contribution in [0.1, 0.15) is 33.3 Å². The molecule has 0 radical (unpaired) electrons. The SMILES string of the molecule is CCNC(C)C(C)(C)CN(C)Cc1ccccc1. The lowest BCUT2D eigenvalue weighted by Crippen LogP contribution is -2.45. The van der Waals surface area contributed by atoms with E-state index in [1.807, 2.05) is 0 Å². The van der Waals surface area contributed by atoms with E-state index in [1.165, 1.54) is 5.56 Å². The molecule has 0 fully saturated rings. The van der Waals surface area contributed by atoms with E-state index in [9.17, 15) is 0 Å². The third kappa shape index (κ3) is 4.79. The van der Waals surface area contributed by atoms with E-state index in [2.05, 4.69) is 75.3 Å². The Kier molecular flexibility index (Phi) is 5.83. The summed E-state index contributed by atoms with van der Waals surface area (Å²) in [7, 11) is 2.20. The van der Waals surface area contributed by atoms with Crippen LogP contribution in [0.15, 0.2) is 30.3 Å². The minimum Gasteiger partial charge on any atom is -0.314 e.